The van der Waals surface area contributed by atoms with E-state index in [9.17, 15) is 0 Å². The maximum Gasteiger partial charge on any atom is 0.135 e. The Morgan fingerprint density at radius 1 is 0.846 bits per heavy atom. The van der Waals surface area contributed by atoms with Crippen LogP contribution in [0.2, 0.25) is 0 Å². The number of rotatable bonds is 6. The quantitative estimate of drug-likeness (QED) is 0.741. The molecule has 0 bridgehead atoms. The van der Waals surface area contributed by atoms with Gasteiger partial charge in [-0.15, -0.1) is 0 Å². The van der Waals surface area contributed by atoms with Crippen LogP contribution in [0, 0.1) is 0 Å². The maximum absolute atomic E-state index is 6.22. The van der Waals surface area contributed by atoms with Crippen LogP contribution in [0.4, 0.5) is 0 Å². The van der Waals surface area contributed by atoms with E-state index in [2.05, 4.69) is 26.0 Å². The summed E-state index contributed by atoms with van der Waals surface area (Å²) in [6.07, 6.45) is 0.471. The van der Waals surface area contributed by atoms with Gasteiger partial charge >= 0.3 is 0 Å². The van der Waals surface area contributed by atoms with Crippen molar-refractivity contribution >= 4 is 0 Å². The van der Waals surface area contributed by atoms with E-state index >= 15 is 0 Å². The van der Waals surface area contributed by atoms with Crippen molar-refractivity contribution < 1.29 is 23.7 Å². The minimum atomic E-state index is -0.154. The molecule has 0 amide bonds. The third-order valence-corrected chi connectivity index (χ3v) is 5.15. The van der Waals surface area contributed by atoms with E-state index in [1.807, 2.05) is 24.3 Å². The zero-order chi connectivity index (χ0) is 17.7. The second-order valence-electron chi connectivity index (χ2n) is 7.58. The fraction of sp³-hybridized carbons (Fsp3) is 0.429. The highest BCUT2D eigenvalue weighted by Crippen LogP contribution is 2.49. The monoisotopic (exact) mass is 354 g/mol. The molecule has 5 heteroatoms. The molecular formula is C21H22O5. The van der Waals surface area contributed by atoms with E-state index in [0.29, 0.717) is 13.2 Å². The third-order valence-electron chi connectivity index (χ3n) is 5.15. The molecule has 2 aromatic carbocycles. The predicted octanol–water partition coefficient (Wildman–Crippen LogP) is 3.67. The van der Waals surface area contributed by atoms with Crippen molar-refractivity contribution in [2.24, 2.45) is 0 Å². The van der Waals surface area contributed by atoms with Crippen molar-refractivity contribution in [3.05, 3.63) is 47.5 Å². The third kappa shape index (κ3) is 3.02. The van der Waals surface area contributed by atoms with Crippen LogP contribution in [0.25, 0.3) is 0 Å². The highest BCUT2D eigenvalue weighted by Gasteiger charge is 2.35. The zero-order valence-electron chi connectivity index (χ0n) is 15.0. The summed E-state index contributed by atoms with van der Waals surface area (Å²) in [4.78, 5) is 0. The van der Waals surface area contributed by atoms with E-state index in [1.165, 1.54) is 0 Å². The van der Waals surface area contributed by atoms with Crippen LogP contribution in [-0.2, 0) is 14.9 Å². The van der Waals surface area contributed by atoms with Gasteiger partial charge in [-0.05, 0) is 12.1 Å². The predicted molar refractivity (Wildman–Crippen MR) is 95.6 cm³/mol. The minimum Gasteiger partial charge on any atom is -0.491 e. The maximum atomic E-state index is 6.22. The summed E-state index contributed by atoms with van der Waals surface area (Å²) in [5, 5.41) is 0. The van der Waals surface area contributed by atoms with Gasteiger partial charge in [0.25, 0.3) is 0 Å². The highest BCUT2D eigenvalue weighted by molar-refractivity contribution is 5.59. The first-order chi connectivity index (χ1) is 12.6. The first-order valence-corrected chi connectivity index (χ1v) is 9.05. The molecule has 5 rings (SSSR count). The Bertz CT molecular complexity index is 769. The van der Waals surface area contributed by atoms with E-state index < -0.39 is 0 Å². The lowest BCUT2D eigenvalue weighted by molar-refractivity contribution is 0.260. The Balaban J connectivity index is 1.42. The molecular weight excluding hydrogens is 332 g/mol. The van der Waals surface area contributed by atoms with Gasteiger partial charge in [0.1, 0.15) is 48.4 Å². The van der Waals surface area contributed by atoms with Gasteiger partial charge in [0.15, 0.2) is 0 Å². The average molecular weight is 354 g/mol. The van der Waals surface area contributed by atoms with Crippen LogP contribution in [0.15, 0.2) is 36.4 Å². The van der Waals surface area contributed by atoms with Crippen LogP contribution < -0.4 is 14.2 Å². The SMILES string of the molecule is CC1(C)c2ccc(OCC3CO3)cc2Oc2cc(OCC3CO3)ccc21. The molecule has 2 unspecified atom stereocenters. The minimum absolute atomic E-state index is 0.154. The zero-order valence-corrected chi connectivity index (χ0v) is 15.0. The molecule has 2 saturated heterocycles. The van der Waals surface area contributed by atoms with Crippen molar-refractivity contribution in [1.29, 1.82) is 0 Å². The van der Waals surface area contributed by atoms with Gasteiger partial charge in [-0.1, -0.05) is 26.0 Å². The summed E-state index contributed by atoms with van der Waals surface area (Å²) >= 11 is 0. The number of hydrogen-bond donors (Lipinski definition) is 0. The van der Waals surface area contributed by atoms with E-state index in [0.717, 1.165) is 47.3 Å². The van der Waals surface area contributed by atoms with E-state index in [-0.39, 0.29) is 17.6 Å². The topological polar surface area (TPSA) is 52.8 Å². The van der Waals surface area contributed by atoms with Crippen molar-refractivity contribution in [1.82, 2.24) is 0 Å². The lowest BCUT2D eigenvalue weighted by Crippen LogP contribution is -2.24. The summed E-state index contributed by atoms with van der Waals surface area (Å²) < 4.78 is 28.2. The Morgan fingerprint density at radius 2 is 1.31 bits per heavy atom. The average Bonchev–Trinajstić information content (AvgIpc) is 3.53. The van der Waals surface area contributed by atoms with Gasteiger partial charge < -0.3 is 23.7 Å². The smallest absolute Gasteiger partial charge is 0.135 e. The first kappa shape index (κ1) is 16.0. The molecule has 0 spiro atoms. The lowest BCUT2D eigenvalue weighted by atomic mass is 9.76. The molecule has 0 aliphatic carbocycles. The van der Waals surface area contributed by atoms with Crippen molar-refractivity contribution in [3.63, 3.8) is 0 Å². The van der Waals surface area contributed by atoms with Crippen molar-refractivity contribution in [2.45, 2.75) is 31.5 Å². The molecule has 0 radical (unpaired) electrons. The molecule has 2 fully saturated rings. The molecule has 3 heterocycles. The van der Waals surface area contributed by atoms with Crippen LogP contribution in [0.1, 0.15) is 25.0 Å². The molecule has 136 valence electrons. The fourth-order valence-electron chi connectivity index (χ4n) is 3.36. The van der Waals surface area contributed by atoms with Crippen LogP contribution in [0.3, 0.4) is 0 Å². The van der Waals surface area contributed by atoms with Crippen LogP contribution in [-0.4, -0.2) is 38.6 Å². The second-order valence-corrected chi connectivity index (χ2v) is 7.58. The summed E-state index contributed by atoms with van der Waals surface area (Å²) in [6.45, 7) is 7.17. The van der Waals surface area contributed by atoms with Gasteiger partial charge in [-0.3, -0.25) is 0 Å². The Hall–Kier alpha value is -2.24. The van der Waals surface area contributed by atoms with Crippen LogP contribution >= 0.6 is 0 Å². The summed E-state index contributed by atoms with van der Waals surface area (Å²) in [5.41, 5.74) is 2.15. The summed E-state index contributed by atoms with van der Waals surface area (Å²) in [5.74, 6) is 3.27. The summed E-state index contributed by atoms with van der Waals surface area (Å²) in [7, 11) is 0. The van der Waals surface area contributed by atoms with Crippen molar-refractivity contribution in [2.75, 3.05) is 26.4 Å². The van der Waals surface area contributed by atoms with E-state index in [4.69, 9.17) is 23.7 Å². The molecule has 5 nitrogen and oxygen atoms in total. The lowest BCUT2D eigenvalue weighted by Gasteiger charge is -2.34. The van der Waals surface area contributed by atoms with Crippen molar-refractivity contribution in [3.8, 4) is 23.0 Å². The largest absolute Gasteiger partial charge is 0.491 e. The Labute approximate surface area is 152 Å². The summed E-state index contributed by atoms with van der Waals surface area (Å²) in [6, 6.07) is 12.1. The molecule has 3 aliphatic heterocycles. The van der Waals surface area contributed by atoms with Gasteiger partial charge in [0.2, 0.25) is 0 Å². The number of benzene rings is 2. The molecule has 2 atom stereocenters. The highest BCUT2D eigenvalue weighted by atomic mass is 16.6. The molecule has 3 aliphatic rings. The fourth-order valence-corrected chi connectivity index (χ4v) is 3.36. The van der Waals surface area contributed by atoms with Gasteiger partial charge in [-0.2, -0.15) is 0 Å². The number of ether oxygens (including phenoxy) is 5. The van der Waals surface area contributed by atoms with Gasteiger partial charge in [0.05, 0.1) is 13.2 Å². The molecule has 2 aromatic rings. The Morgan fingerprint density at radius 3 is 1.73 bits per heavy atom. The molecule has 26 heavy (non-hydrogen) atoms. The normalized spacial score (nSPS) is 24.1. The Kier molecular flexibility index (Phi) is 3.62. The molecule has 0 N–H and O–H groups in total. The number of hydrogen-bond acceptors (Lipinski definition) is 5. The first-order valence-electron chi connectivity index (χ1n) is 9.05. The number of fused-ring (bicyclic) bond motifs is 2. The van der Waals surface area contributed by atoms with Crippen LogP contribution in [0.5, 0.6) is 23.0 Å². The molecule has 0 saturated carbocycles. The number of epoxide rings is 2. The standard InChI is InChI=1S/C21H22O5/c1-21(2)17-5-3-13(22-9-15-11-24-15)7-19(17)26-20-8-14(4-6-18(20)21)23-10-16-12-25-16/h3-8,15-16H,9-12H2,1-2H3. The van der Waals surface area contributed by atoms with E-state index in [1.54, 1.807) is 0 Å². The molecule has 0 aromatic heterocycles. The second kappa shape index (κ2) is 5.89. The van der Waals surface area contributed by atoms with Gasteiger partial charge in [-0.25, -0.2) is 0 Å². The van der Waals surface area contributed by atoms with Gasteiger partial charge in [0, 0.05) is 28.7 Å².